The Hall–Kier alpha value is -2.81. The average Bonchev–Trinajstić information content (AvgIpc) is 2.76. The molecule has 0 aliphatic rings. The van der Waals surface area contributed by atoms with Crippen LogP contribution in [0.2, 0.25) is 0 Å². The molecular weight excluding hydrogens is 487 g/mol. The summed E-state index contributed by atoms with van der Waals surface area (Å²) in [4.78, 5) is 21.9. The predicted octanol–water partition coefficient (Wildman–Crippen LogP) is 0.0310. The Bertz CT molecular complexity index is 745. The van der Waals surface area contributed by atoms with Gasteiger partial charge >= 0.3 is 33.1 Å². The molecule has 0 N–H and O–H groups in total. The molecule has 0 fully saturated rings. The number of esters is 2. The van der Waals surface area contributed by atoms with Crippen LogP contribution < -0.4 is 30.7 Å². The molecule has 0 amide bonds. The quantitative estimate of drug-likeness (QED) is 0.174. The Kier molecular flexibility index (Phi) is 9.77. The first-order valence-corrected chi connectivity index (χ1v) is 11.0. The van der Waals surface area contributed by atoms with Crippen LogP contribution in [-0.4, -0.2) is 38.4 Å². The molecule has 0 saturated heterocycles. The molecule has 0 radical (unpaired) electrons. The highest BCUT2D eigenvalue weighted by Gasteiger charge is 2.15. The second kappa shape index (κ2) is 12.6. The number of benzene rings is 2. The lowest BCUT2D eigenvalue weighted by Crippen LogP contribution is -3.61. The summed E-state index contributed by atoms with van der Waals surface area (Å²) >= 11 is -0.325. The van der Waals surface area contributed by atoms with Crippen LogP contribution >= 0.6 is 0 Å². The third-order valence-corrected chi connectivity index (χ3v) is 6.06. The van der Waals surface area contributed by atoms with E-state index in [0.29, 0.717) is 13.2 Å². The van der Waals surface area contributed by atoms with E-state index in [2.05, 4.69) is 13.2 Å². The van der Waals surface area contributed by atoms with Crippen molar-refractivity contribution in [2.45, 2.75) is 0 Å². The lowest BCUT2D eigenvalue weighted by molar-refractivity contribution is -0.597. The first kappa shape index (κ1) is 22.5. The Balaban J connectivity index is 1.73. The summed E-state index contributed by atoms with van der Waals surface area (Å²) in [5, 5.41) is 0. The van der Waals surface area contributed by atoms with Crippen LogP contribution in [0, 0.1) is 7.14 Å². The molecule has 0 aliphatic carbocycles. The molecule has 2 aromatic rings. The third-order valence-electron chi connectivity index (χ3n) is 3.37. The van der Waals surface area contributed by atoms with Gasteiger partial charge in [0.05, 0.1) is 0 Å². The molecule has 152 valence electrons. The SMILES string of the molecule is C=CC(=O)OCCOc1ccc([I+]c2ccc(OCCOC(=O)C=C)cc2)cc1. The summed E-state index contributed by atoms with van der Waals surface area (Å²) in [5.74, 6) is 0.545. The molecule has 0 spiro atoms. The van der Waals surface area contributed by atoms with Crippen LogP contribution in [-0.2, 0) is 19.1 Å². The highest BCUT2D eigenvalue weighted by atomic mass is 127. The molecule has 2 aromatic carbocycles. The van der Waals surface area contributed by atoms with Crippen molar-refractivity contribution in [2.75, 3.05) is 26.4 Å². The van der Waals surface area contributed by atoms with Crippen LogP contribution in [0.4, 0.5) is 0 Å². The summed E-state index contributed by atoms with van der Waals surface area (Å²) < 4.78 is 23.3. The summed E-state index contributed by atoms with van der Waals surface area (Å²) in [5.41, 5.74) is 0. The number of carbonyl (C=O) groups excluding carboxylic acids is 2. The molecule has 6 nitrogen and oxygen atoms in total. The third kappa shape index (κ3) is 8.82. The minimum Gasteiger partial charge on any atom is -0.490 e. The molecule has 7 heteroatoms. The predicted molar refractivity (Wildman–Crippen MR) is 104 cm³/mol. The monoisotopic (exact) mass is 509 g/mol. The van der Waals surface area contributed by atoms with Crippen molar-refractivity contribution in [3.05, 3.63) is 81.0 Å². The van der Waals surface area contributed by atoms with Crippen LogP contribution in [0.5, 0.6) is 11.5 Å². The molecule has 29 heavy (non-hydrogen) atoms. The van der Waals surface area contributed by atoms with Crippen molar-refractivity contribution < 1.29 is 49.7 Å². The highest BCUT2D eigenvalue weighted by molar-refractivity contribution is 5.81. The van der Waals surface area contributed by atoms with Crippen LogP contribution in [0.1, 0.15) is 0 Å². The standard InChI is InChI=1S/C22H22IO6/c1-3-21(24)28-15-13-26-19-9-5-17(6-10-19)23-18-7-11-20(12-8-18)27-14-16-29-22(25)4-2/h3-12H,1-2,13-16H2/q+1. The number of hydrogen-bond acceptors (Lipinski definition) is 6. The van der Waals surface area contributed by atoms with E-state index in [4.69, 9.17) is 18.9 Å². The van der Waals surface area contributed by atoms with Gasteiger partial charge in [0.1, 0.15) is 37.9 Å². The zero-order valence-electron chi connectivity index (χ0n) is 15.8. The molecule has 2 rings (SSSR count). The molecule has 0 heterocycles. The van der Waals surface area contributed by atoms with E-state index in [-0.39, 0.29) is 34.4 Å². The van der Waals surface area contributed by atoms with Gasteiger partial charge in [-0.25, -0.2) is 9.59 Å². The fraction of sp³-hybridized carbons (Fsp3) is 0.182. The summed E-state index contributed by atoms with van der Waals surface area (Å²) in [6.07, 6.45) is 2.25. The molecule has 0 aliphatic heterocycles. The van der Waals surface area contributed by atoms with Gasteiger partial charge in [-0.3, -0.25) is 0 Å². The normalized spacial score (nSPS) is 9.93. The van der Waals surface area contributed by atoms with Gasteiger partial charge in [0.2, 0.25) is 0 Å². The van der Waals surface area contributed by atoms with E-state index >= 15 is 0 Å². The molecular formula is C22H22IO6+. The summed E-state index contributed by atoms with van der Waals surface area (Å²) in [6.45, 7) is 7.62. The average molecular weight is 509 g/mol. The Morgan fingerprint density at radius 1 is 0.690 bits per heavy atom. The van der Waals surface area contributed by atoms with E-state index in [1.807, 2.05) is 48.5 Å². The smallest absolute Gasteiger partial charge is 0.357 e. The van der Waals surface area contributed by atoms with Gasteiger partial charge in [-0.05, 0) is 48.5 Å². The molecule has 0 saturated carbocycles. The van der Waals surface area contributed by atoms with E-state index in [0.717, 1.165) is 23.7 Å². The van der Waals surface area contributed by atoms with Gasteiger partial charge in [-0.2, -0.15) is 0 Å². The summed E-state index contributed by atoms with van der Waals surface area (Å²) in [7, 11) is 0. The Labute approximate surface area is 180 Å². The van der Waals surface area contributed by atoms with Gasteiger partial charge in [-0.15, -0.1) is 0 Å². The lowest BCUT2D eigenvalue weighted by atomic mass is 10.3. The zero-order chi connectivity index (χ0) is 20.9. The van der Waals surface area contributed by atoms with E-state index in [9.17, 15) is 9.59 Å². The van der Waals surface area contributed by atoms with E-state index in [1.54, 1.807) is 0 Å². The lowest BCUT2D eigenvalue weighted by Gasteiger charge is -2.06. The first-order valence-electron chi connectivity index (χ1n) is 8.79. The van der Waals surface area contributed by atoms with E-state index < -0.39 is 11.9 Å². The van der Waals surface area contributed by atoms with Gasteiger partial charge < -0.3 is 18.9 Å². The number of carbonyl (C=O) groups is 2. The molecule has 0 aromatic heterocycles. The zero-order valence-corrected chi connectivity index (χ0v) is 18.0. The fourth-order valence-corrected chi connectivity index (χ4v) is 4.19. The molecule has 0 bridgehead atoms. The number of ether oxygens (including phenoxy) is 4. The Morgan fingerprint density at radius 3 is 1.41 bits per heavy atom. The molecule has 0 unspecified atom stereocenters. The topological polar surface area (TPSA) is 71.1 Å². The van der Waals surface area contributed by atoms with Crippen molar-refractivity contribution in [1.29, 1.82) is 0 Å². The largest absolute Gasteiger partial charge is 0.490 e. The minimum absolute atomic E-state index is 0.185. The van der Waals surface area contributed by atoms with Crippen LogP contribution in [0.3, 0.4) is 0 Å². The second-order valence-electron chi connectivity index (χ2n) is 5.44. The maximum absolute atomic E-state index is 10.9. The van der Waals surface area contributed by atoms with Gasteiger partial charge in [0, 0.05) is 12.2 Å². The minimum atomic E-state index is -0.457. The number of halogens is 1. The van der Waals surface area contributed by atoms with Gasteiger partial charge in [0.25, 0.3) is 0 Å². The van der Waals surface area contributed by atoms with Crippen molar-refractivity contribution in [1.82, 2.24) is 0 Å². The maximum Gasteiger partial charge on any atom is 0.357 e. The highest BCUT2D eigenvalue weighted by Crippen LogP contribution is 2.09. The van der Waals surface area contributed by atoms with Crippen LogP contribution in [0.15, 0.2) is 73.8 Å². The molecule has 0 atom stereocenters. The van der Waals surface area contributed by atoms with Crippen LogP contribution in [0.25, 0.3) is 0 Å². The first-order chi connectivity index (χ1) is 14.1. The fourth-order valence-electron chi connectivity index (χ4n) is 2.04. The maximum atomic E-state index is 10.9. The number of hydrogen-bond donors (Lipinski definition) is 0. The van der Waals surface area contributed by atoms with E-state index in [1.165, 1.54) is 7.14 Å². The summed E-state index contributed by atoms with van der Waals surface area (Å²) in [6, 6.07) is 15.8. The van der Waals surface area contributed by atoms with Gasteiger partial charge in [0.15, 0.2) is 7.14 Å². The van der Waals surface area contributed by atoms with Crippen molar-refractivity contribution in [3.8, 4) is 11.5 Å². The van der Waals surface area contributed by atoms with Crippen molar-refractivity contribution in [2.24, 2.45) is 0 Å². The number of rotatable bonds is 12. The Morgan fingerprint density at radius 2 is 1.07 bits per heavy atom. The second-order valence-corrected chi connectivity index (χ2v) is 8.47. The van der Waals surface area contributed by atoms with Crippen molar-refractivity contribution in [3.63, 3.8) is 0 Å². The van der Waals surface area contributed by atoms with Crippen molar-refractivity contribution >= 4 is 11.9 Å². The van der Waals surface area contributed by atoms with Gasteiger partial charge in [-0.1, -0.05) is 13.2 Å².